The van der Waals surface area contributed by atoms with Crippen molar-refractivity contribution in [2.45, 2.75) is 63.5 Å². The minimum Gasteiger partial charge on any atom is -0.489 e. The SMILES string of the molecule is CC(C)Sc1nc2c(c(=O)[nH]1)C(c1ccc(OCc3ccccc3)cc1)C1=C(CC(C)(C)CC1=O)N2. The number of Topliss-reactive ketones (excluding diaryl/α,β-unsaturated/α-hetero) is 1. The lowest BCUT2D eigenvalue weighted by Gasteiger charge is -2.38. The summed E-state index contributed by atoms with van der Waals surface area (Å²) >= 11 is 1.51. The molecule has 2 heterocycles. The first-order valence-electron chi connectivity index (χ1n) is 12.3. The number of hydrogen-bond donors (Lipinski definition) is 2. The van der Waals surface area contributed by atoms with Gasteiger partial charge in [0.2, 0.25) is 0 Å². The molecule has 0 bridgehead atoms. The zero-order valence-corrected chi connectivity index (χ0v) is 21.9. The Bertz CT molecular complexity index is 1380. The molecule has 1 atom stereocenters. The van der Waals surface area contributed by atoms with Crippen molar-refractivity contribution in [1.29, 1.82) is 0 Å². The third kappa shape index (κ3) is 4.98. The zero-order chi connectivity index (χ0) is 25.4. The fourth-order valence-corrected chi connectivity index (χ4v) is 5.75. The molecule has 5 rings (SSSR count). The Morgan fingerprint density at radius 2 is 1.78 bits per heavy atom. The monoisotopic (exact) mass is 501 g/mol. The number of benzene rings is 2. The Kier molecular flexibility index (Phi) is 6.51. The number of aromatic nitrogens is 2. The fraction of sp³-hybridized carbons (Fsp3) is 0.345. The van der Waals surface area contributed by atoms with Gasteiger partial charge >= 0.3 is 0 Å². The van der Waals surface area contributed by atoms with Gasteiger partial charge in [-0.2, -0.15) is 0 Å². The predicted octanol–water partition coefficient (Wildman–Crippen LogP) is 6.05. The summed E-state index contributed by atoms with van der Waals surface area (Å²) in [6.45, 7) is 8.80. The molecule has 186 valence electrons. The molecule has 6 nitrogen and oxygen atoms in total. The van der Waals surface area contributed by atoms with Crippen molar-refractivity contribution >= 4 is 23.4 Å². The third-order valence-electron chi connectivity index (χ3n) is 6.51. The fourth-order valence-electron chi connectivity index (χ4n) is 5.00. The van der Waals surface area contributed by atoms with Crippen molar-refractivity contribution in [2.75, 3.05) is 5.32 Å². The Morgan fingerprint density at radius 3 is 2.47 bits per heavy atom. The first-order chi connectivity index (χ1) is 17.2. The molecule has 36 heavy (non-hydrogen) atoms. The molecular weight excluding hydrogens is 470 g/mol. The van der Waals surface area contributed by atoms with Crippen molar-refractivity contribution in [3.05, 3.63) is 92.9 Å². The number of thioether (sulfide) groups is 1. The number of ether oxygens (including phenoxy) is 1. The smallest absolute Gasteiger partial charge is 0.257 e. The van der Waals surface area contributed by atoms with E-state index in [1.165, 1.54) is 11.8 Å². The maximum atomic E-state index is 13.4. The highest BCUT2D eigenvalue weighted by atomic mass is 32.2. The van der Waals surface area contributed by atoms with E-state index in [9.17, 15) is 9.59 Å². The van der Waals surface area contributed by atoms with Crippen LogP contribution >= 0.6 is 11.8 Å². The number of nitrogens with zero attached hydrogens (tertiary/aromatic N) is 1. The van der Waals surface area contributed by atoms with Crippen LogP contribution in [0.1, 0.15) is 63.1 Å². The normalized spacial score (nSPS) is 18.5. The van der Waals surface area contributed by atoms with Gasteiger partial charge in [-0.15, -0.1) is 0 Å². The average Bonchev–Trinajstić information content (AvgIpc) is 2.81. The lowest BCUT2D eigenvalue weighted by Crippen LogP contribution is -2.37. The van der Waals surface area contributed by atoms with Gasteiger partial charge in [0, 0.05) is 28.9 Å². The highest BCUT2D eigenvalue weighted by Crippen LogP contribution is 2.47. The van der Waals surface area contributed by atoms with Gasteiger partial charge in [-0.25, -0.2) is 4.98 Å². The van der Waals surface area contributed by atoms with Gasteiger partial charge < -0.3 is 15.0 Å². The molecule has 3 aromatic rings. The molecule has 1 aliphatic carbocycles. The quantitative estimate of drug-likeness (QED) is 0.316. The molecular formula is C29H31N3O3S. The molecule has 2 aliphatic rings. The second kappa shape index (κ2) is 9.62. The molecule has 1 aromatic heterocycles. The van der Waals surface area contributed by atoms with Crippen molar-refractivity contribution in [2.24, 2.45) is 5.41 Å². The van der Waals surface area contributed by atoms with Gasteiger partial charge in [0.15, 0.2) is 10.9 Å². The molecule has 0 saturated carbocycles. The van der Waals surface area contributed by atoms with Crippen LogP contribution in [0.15, 0.2) is 75.8 Å². The zero-order valence-electron chi connectivity index (χ0n) is 21.1. The maximum absolute atomic E-state index is 13.4. The Balaban J connectivity index is 1.54. The van der Waals surface area contributed by atoms with E-state index in [1.54, 1.807) is 0 Å². The number of nitrogens with one attached hydrogen (secondary N) is 2. The van der Waals surface area contributed by atoms with Crippen LogP contribution in [0.2, 0.25) is 0 Å². The van der Waals surface area contributed by atoms with Gasteiger partial charge in [0.25, 0.3) is 5.56 Å². The van der Waals surface area contributed by atoms with Crippen molar-refractivity contribution in [3.8, 4) is 5.75 Å². The van der Waals surface area contributed by atoms with Gasteiger partial charge in [-0.3, -0.25) is 9.59 Å². The van der Waals surface area contributed by atoms with E-state index >= 15 is 0 Å². The van der Waals surface area contributed by atoms with Crippen molar-refractivity contribution in [1.82, 2.24) is 9.97 Å². The number of carbonyl (C=O) groups excluding carboxylic acids is 1. The van der Waals surface area contributed by atoms with Crippen LogP contribution in [0.4, 0.5) is 5.82 Å². The lowest BCUT2D eigenvalue weighted by molar-refractivity contribution is -0.118. The first-order valence-corrected chi connectivity index (χ1v) is 13.2. The van der Waals surface area contributed by atoms with Crippen LogP contribution in [0.3, 0.4) is 0 Å². The molecule has 0 radical (unpaired) electrons. The van der Waals surface area contributed by atoms with Gasteiger partial charge in [0.05, 0.1) is 5.56 Å². The highest BCUT2D eigenvalue weighted by molar-refractivity contribution is 7.99. The Labute approximate surface area is 215 Å². The van der Waals surface area contributed by atoms with E-state index in [-0.39, 0.29) is 22.0 Å². The number of aromatic amines is 1. The second-order valence-electron chi connectivity index (χ2n) is 10.5. The number of fused-ring (bicyclic) bond motifs is 1. The van der Waals surface area contributed by atoms with E-state index in [1.807, 2.05) is 54.6 Å². The molecule has 2 aromatic carbocycles. The summed E-state index contributed by atoms with van der Waals surface area (Å²) < 4.78 is 5.96. The number of allylic oxidation sites excluding steroid dienone is 2. The van der Waals surface area contributed by atoms with Crippen LogP contribution in [0.25, 0.3) is 0 Å². The van der Waals surface area contributed by atoms with E-state index in [2.05, 4.69) is 38.0 Å². The summed E-state index contributed by atoms with van der Waals surface area (Å²) in [4.78, 5) is 34.5. The summed E-state index contributed by atoms with van der Waals surface area (Å²) in [5.41, 5.74) is 3.64. The Hall–Kier alpha value is -3.32. The van der Waals surface area contributed by atoms with Crippen molar-refractivity contribution < 1.29 is 9.53 Å². The summed E-state index contributed by atoms with van der Waals surface area (Å²) in [5, 5.41) is 4.23. The van der Waals surface area contributed by atoms with Crippen LogP contribution in [-0.4, -0.2) is 21.0 Å². The number of rotatable bonds is 6. The van der Waals surface area contributed by atoms with E-state index in [0.717, 1.165) is 29.0 Å². The van der Waals surface area contributed by atoms with E-state index in [4.69, 9.17) is 9.72 Å². The molecule has 1 unspecified atom stereocenters. The maximum Gasteiger partial charge on any atom is 0.257 e. The summed E-state index contributed by atoms with van der Waals surface area (Å²) in [5.74, 6) is 0.879. The largest absolute Gasteiger partial charge is 0.489 e. The minimum absolute atomic E-state index is 0.0776. The molecule has 0 amide bonds. The minimum atomic E-state index is -0.475. The second-order valence-corrected chi connectivity index (χ2v) is 12.1. The number of ketones is 1. The standard InChI is InChI=1S/C29H31N3O3S/c1-17(2)36-28-31-26-25(27(34)32-28)23(24-21(30-26)14-29(3,4)15-22(24)33)19-10-12-20(13-11-19)35-16-18-8-6-5-7-9-18/h5-13,17,23H,14-16H2,1-4H3,(H2,30,31,32,34). The number of carbonyl (C=O) groups is 1. The molecule has 0 saturated heterocycles. The summed E-state index contributed by atoms with van der Waals surface area (Å²) in [7, 11) is 0. The van der Waals surface area contributed by atoms with E-state index < -0.39 is 5.92 Å². The highest BCUT2D eigenvalue weighted by Gasteiger charge is 2.42. The Morgan fingerprint density at radius 1 is 1.06 bits per heavy atom. The summed E-state index contributed by atoms with van der Waals surface area (Å²) in [6, 6.07) is 17.7. The van der Waals surface area contributed by atoms with Crippen LogP contribution in [0, 0.1) is 5.41 Å². The van der Waals surface area contributed by atoms with Crippen molar-refractivity contribution in [3.63, 3.8) is 0 Å². The molecule has 0 fully saturated rings. The van der Waals surface area contributed by atoms with Gasteiger partial charge in [0.1, 0.15) is 18.2 Å². The molecule has 0 spiro atoms. The first kappa shape index (κ1) is 24.4. The van der Waals surface area contributed by atoms with Crippen LogP contribution in [0.5, 0.6) is 5.75 Å². The lowest BCUT2D eigenvalue weighted by atomic mass is 9.69. The summed E-state index contributed by atoms with van der Waals surface area (Å²) in [6.07, 6.45) is 1.17. The average molecular weight is 502 g/mol. The number of H-pyrrole nitrogens is 1. The van der Waals surface area contributed by atoms with Gasteiger partial charge in [-0.1, -0.05) is 81.9 Å². The van der Waals surface area contributed by atoms with Crippen LogP contribution < -0.4 is 15.6 Å². The molecule has 7 heteroatoms. The van der Waals surface area contributed by atoms with E-state index in [0.29, 0.717) is 35.1 Å². The predicted molar refractivity (Wildman–Crippen MR) is 144 cm³/mol. The number of hydrogen-bond acceptors (Lipinski definition) is 6. The topological polar surface area (TPSA) is 84.1 Å². The third-order valence-corrected chi connectivity index (χ3v) is 7.40. The number of anilines is 1. The molecule has 2 N–H and O–H groups in total. The molecule has 1 aliphatic heterocycles. The van der Waals surface area contributed by atoms with Gasteiger partial charge in [-0.05, 0) is 35.1 Å². The van der Waals surface area contributed by atoms with Crippen LogP contribution in [-0.2, 0) is 11.4 Å².